The van der Waals surface area contributed by atoms with Crippen LogP contribution in [0.2, 0.25) is 15.1 Å². The van der Waals surface area contributed by atoms with E-state index in [1.54, 1.807) is 0 Å². The van der Waals surface area contributed by atoms with Crippen LogP contribution >= 0.6 is 58.4 Å². The Labute approximate surface area is 238 Å². The van der Waals surface area contributed by atoms with Gasteiger partial charge in [-0.3, -0.25) is 5.43 Å². The van der Waals surface area contributed by atoms with Crippen molar-refractivity contribution >= 4 is 91.0 Å². The van der Waals surface area contributed by atoms with E-state index in [-0.39, 0.29) is 47.5 Å². The molecule has 0 unspecified atom stereocenters. The van der Waals surface area contributed by atoms with Crippen molar-refractivity contribution < 1.29 is 35.7 Å². The topological polar surface area (TPSA) is 117 Å². The standard InChI is InChI=1S/C21H13Cl3F3N3O5S3/c1-9(29-30-20(36)28-11-3-4-12(19(31)32)15(23)7-11)13-8-37-18(10-2-5-14(22)16(24)6-10)17(13)35-38(33,34)21(25,26)27/h2-8H,1H3,(H,31,32)(H2,28,30,36). The number of nitrogens with zero attached hydrogens (tertiary/aromatic N) is 1. The van der Waals surface area contributed by atoms with Gasteiger partial charge in [0.2, 0.25) is 0 Å². The maximum Gasteiger partial charge on any atom is 0.534 e. The maximum atomic E-state index is 13.1. The van der Waals surface area contributed by atoms with Crippen molar-refractivity contribution in [3.8, 4) is 16.2 Å². The third kappa shape index (κ3) is 6.87. The van der Waals surface area contributed by atoms with Gasteiger partial charge in [0.1, 0.15) is 0 Å². The molecule has 0 aliphatic heterocycles. The van der Waals surface area contributed by atoms with Crippen molar-refractivity contribution in [2.24, 2.45) is 5.10 Å². The molecule has 2 aromatic carbocycles. The summed E-state index contributed by atoms with van der Waals surface area (Å²) in [7, 11) is -6.03. The van der Waals surface area contributed by atoms with Gasteiger partial charge < -0.3 is 14.6 Å². The minimum Gasteiger partial charge on any atom is -0.478 e. The molecule has 0 amide bonds. The van der Waals surface area contributed by atoms with E-state index in [1.165, 1.54) is 48.7 Å². The molecule has 0 saturated carbocycles. The lowest BCUT2D eigenvalue weighted by atomic mass is 10.1. The molecule has 17 heteroatoms. The fourth-order valence-corrected chi connectivity index (χ4v) is 5.09. The second kappa shape index (κ2) is 11.6. The summed E-state index contributed by atoms with van der Waals surface area (Å²) in [4.78, 5) is 11.1. The van der Waals surface area contributed by atoms with E-state index in [0.717, 1.165) is 11.3 Å². The molecular weight excluding hydrogens is 634 g/mol. The normalized spacial score (nSPS) is 12.2. The van der Waals surface area contributed by atoms with Crippen molar-refractivity contribution in [2.45, 2.75) is 12.4 Å². The van der Waals surface area contributed by atoms with Gasteiger partial charge in [-0.1, -0.05) is 40.9 Å². The number of carboxylic acid groups (broad SMARTS) is 1. The third-order valence-corrected chi connectivity index (χ3v) is 7.78. The highest BCUT2D eigenvalue weighted by molar-refractivity contribution is 7.88. The first-order valence-corrected chi connectivity index (χ1v) is 13.7. The Morgan fingerprint density at radius 1 is 1.08 bits per heavy atom. The predicted octanol–water partition coefficient (Wildman–Crippen LogP) is 7.01. The molecule has 0 bridgehead atoms. The summed E-state index contributed by atoms with van der Waals surface area (Å²) >= 11 is 23.9. The van der Waals surface area contributed by atoms with Crippen LogP contribution in [-0.4, -0.2) is 35.8 Å². The average molecular weight is 647 g/mol. The van der Waals surface area contributed by atoms with Crippen LogP contribution in [0, 0.1) is 0 Å². The van der Waals surface area contributed by atoms with E-state index >= 15 is 0 Å². The van der Waals surface area contributed by atoms with Gasteiger partial charge >= 0.3 is 21.6 Å². The molecule has 0 aliphatic carbocycles. The molecule has 1 aromatic heterocycles. The molecule has 0 aliphatic rings. The Bertz CT molecular complexity index is 1560. The molecule has 3 aromatic rings. The van der Waals surface area contributed by atoms with Crippen molar-refractivity contribution in [1.29, 1.82) is 0 Å². The third-order valence-electron chi connectivity index (χ3n) is 4.58. The Morgan fingerprint density at radius 3 is 2.34 bits per heavy atom. The quantitative estimate of drug-likeness (QED) is 0.0825. The summed E-state index contributed by atoms with van der Waals surface area (Å²) in [6.45, 7) is 1.38. The Morgan fingerprint density at radius 2 is 1.76 bits per heavy atom. The van der Waals surface area contributed by atoms with Gasteiger partial charge in [0.25, 0.3) is 0 Å². The lowest BCUT2D eigenvalue weighted by Gasteiger charge is -2.13. The monoisotopic (exact) mass is 645 g/mol. The number of aromatic carboxylic acids is 1. The van der Waals surface area contributed by atoms with E-state index in [1.807, 2.05) is 0 Å². The van der Waals surface area contributed by atoms with Crippen molar-refractivity contribution in [1.82, 2.24) is 5.43 Å². The minimum atomic E-state index is -6.03. The number of carboxylic acids is 1. The second-order valence-electron chi connectivity index (χ2n) is 7.18. The zero-order valence-corrected chi connectivity index (χ0v) is 23.3. The molecule has 38 heavy (non-hydrogen) atoms. The number of anilines is 1. The van der Waals surface area contributed by atoms with E-state index in [0.29, 0.717) is 5.69 Å². The van der Waals surface area contributed by atoms with Crippen LogP contribution in [0.4, 0.5) is 18.9 Å². The number of benzene rings is 2. The van der Waals surface area contributed by atoms with Crippen LogP contribution in [0.5, 0.6) is 5.75 Å². The average Bonchev–Trinajstić information content (AvgIpc) is 3.21. The highest BCUT2D eigenvalue weighted by atomic mass is 35.5. The van der Waals surface area contributed by atoms with Gasteiger partial charge in [0.15, 0.2) is 10.9 Å². The first-order chi connectivity index (χ1) is 17.6. The van der Waals surface area contributed by atoms with E-state index < -0.39 is 27.3 Å². The van der Waals surface area contributed by atoms with E-state index in [2.05, 4.69) is 20.0 Å². The van der Waals surface area contributed by atoms with Crippen LogP contribution in [0.15, 0.2) is 46.9 Å². The minimum absolute atomic E-state index is 0.0170. The lowest BCUT2D eigenvalue weighted by Crippen LogP contribution is -2.28. The molecule has 3 N–H and O–H groups in total. The highest BCUT2D eigenvalue weighted by Crippen LogP contribution is 2.43. The molecule has 0 spiro atoms. The predicted molar refractivity (Wildman–Crippen MR) is 145 cm³/mol. The molecule has 1 heterocycles. The Hall–Kier alpha value is -2.62. The maximum absolute atomic E-state index is 13.1. The van der Waals surface area contributed by atoms with E-state index in [4.69, 9.17) is 52.1 Å². The molecule has 202 valence electrons. The van der Waals surface area contributed by atoms with Crippen LogP contribution in [0.25, 0.3) is 10.4 Å². The number of nitrogens with one attached hydrogen (secondary N) is 2. The fourth-order valence-electron chi connectivity index (χ4n) is 2.79. The molecule has 3 rings (SSSR count). The number of hydrogen-bond donors (Lipinski definition) is 3. The Kier molecular flexibility index (Phi) is 9.16. The summed E-state index contributed by atoms with van der Waals surface area (Å²) in [5, 5.41) is 17.2. The van der Waals surface area contributed by atoms with E-state index in [9.17, 15) is 26.4 Å². The van der Waals surface area contributed by atoms with Crippen molar-refractivity contribution in [3.63, 3.8) is 0 Å². The number of hydrogen-bond acceptors (Lipinski definition) is 7. The van der Waals surface area contributed by atoms with Crippen molar-refractivity contribution in [2.75, 3.05) is 5.32 Å². The summed E-state index contributed by atoms with van der Waals surface area (Å²) in [5.74, 6) is -1.84. The van der Waals surface area contributed by atoms with Crippen molar-refractivity contribution in [3.05, 3.63) is 68.0 Å². The first-order valence-electron chi connectivity index (χ1n) is 9.83. The zero-order valence-electron chi connectivity index (χ0n) is 18.6. The Balaban J connectivity index is 1.92. The SMILES string of the molecule is CC(=NNC(=S)Nc1ccc(C(=O)O)c(Cl)c1)c1csc(-c2ccc(Cl)c(Cl)c2)c1OS(=O)(=O)C(F)(F)F. The summed E-state index contributed by atoms with van der Waals surface area (Å²) in [5.41, 5.74) is -2.83. The number of halogens is 6. The van der Waals surface area contributed by atoms with Gasteiger partial charge in [-0.15, -0.1) is 11.3 Å². The summed E-state index contributed by atoms with van der Waals surface area (Å²) < 4.78 is 67.5. The smallest absolute Gasteiger partial charge is 0.478 e. The van der Waals surface area contributed by atoms with Gasteiger partial charge in [0.05, 0.1) is 36.8 Å². The number of thiocarbonyl (C=S) groups is 1. The van der Waals surface area contributed by atoms with Gasteiger partial charge in [-0.2, -0.15) is 26.7 Å². The van der Waals surface area contributed by atoms with Gasteiger partial charge in [0, 0.05) is 11.1 Å². The fraction of sp³-hybridized carbons (Fsp3) is 0.0952. The molecule has 8 nitrogen and oxygen atoms in total. The number of rotatable bonds is 7. The number of carbonyl (C=O) groups is 1. The molecule has 0 fully saturated rings. The highest BCUT2D eigenvalue weighted by Gasteiger charge is 2.49. The second-order valence-corrected chi connectivity index (χ2v) is 11.2. The number of thiophene rings is 1. The summed E-state index contributed by atoms with van der Waals surface area (Å²) in [6.07, 6.45) is 0. The van der Waals surface area contributed by atoms with Crippen LogP contribution in [0.1, 0.15) is 22.8 Å². The molecular formula is C21H13Cl3F3N3O5S3. The first kappa shape index (κ1) is 29.9. The molecule has 0 saturated heterocycles. The molecule has 0 atom stereocenters. The van der Waals surface area contributed by atoms with Crippen LogP contribution < -0.4 is 14.9 Å². The van der Waals surface area contributed by atoms with Gasteiger partial charge in [-0.25, -0.2) is 4.79 Å². The largest absolute Gasteiger partial charge is 0.534 e. The van der Waals surface area contributed by atoms with Crippen LogP contribution in [0.3, 0.4) is 0 Å². The number of alkyl halides is 3. The lowest BCUT2D eigenvalue weighted by molar-refractivity contribution is -0.0499. The number of hydrazone groups is 1. The summed E-state index contributed by atoms with van der Waals surface area (Å²) in [6, 6.07) is 8.13. The van der Waals surface area contributed by atoms with Crippen LogP contribution in [-0.2, 0) is 10.1 Å². The zero-order chi connectivity index (χ0) is 28.4. The van der Waals surface area contributed by atoms with Gasteiger partial charge in [-0.05, 0) is 55.0 Å². The molecule has 0 radical (unpaired) electrons.